The van der Waals surface area contributed by atoms with E-state index in [1.807, 2.05) is 6.08 Å². The first-order valence-corrected chi connectivity index (χ1v) is 7.19. The number of rotatable bonds is 7. The molecule has 1 saturated heterocycles. The van der Waals surface area contributed by atoms with Crippen LogP contribution in [0.4, 0.5) is 0 Å². The van der Waals surface area contributed by atoms with Gasteiger partial charge in [-0.1, -0.05) is 13.0 Å². The maximum absolute atomic E-state index is 6.10. The molecule has 1 N–H and O–H groups in total. The van der Waals surface area contributed by atoms with E-state index in [4.69, 9.17) is 4.74 Å². The highest BCUT2D eigenvalue weighted by Gasteiger charge is 2.29. The molecule has 0 spiro atoms. The first-order chi connectivity index (χ1) is 8.47. The number of nitrogens with one attached hydrogen (secondary N) is 1. The number of hydrogen-bond donors (Lipinski definition) is 1. The normalized spacial score (nSPS) is 24.7. The summed E-state index contributed by atoms with van der Waals surface area (Å²) in [5.74, 6) is 0. The van der Waals surface area contributed by atoms with Crippen molar-refractivity contribution in [3.8, 4) is 0 Å². The molecular weight excluding hydrogens is 224 g/mol. The van der Waals surface area contributed by atoms with Crippen molar-refractivity contribution >= 4 is 0 Å². The lowest BCUT2D eigenvalue weighted by Gasteiger charge is -2.36. The van der Waals surface area contributed by atoms with Gasteiger partial charge in [0, 0.05) is 25.2 Å². The zero-order valence-corrected chi connectivity index (χ0v) is 12.5. The summed E-state index contributed by atoms with van der Waals surface area (Å²) in [6, 6.07) is 0. The van der Waals surface area contributed by atoms with Gasteiger partial charge in [-0.25, -0.2) is 0 Å². The second kappa shape index (κ2) is 7.27. The molecule has 0 saturated carbocycles. The van der Waals surface area contributed by atoms with Gasteiger partial charge in [0.1, 0.15) is 0 Å². The van der Waals surface area contributed by atoms with E-state index in [-0.39, 0.29) is 5.54 Å². The molecule has 2 atom stereocenters. The Morgan fingerprint density at radius 1 is 1.33 bits per heavy atom. The van der Waals surface area contributed by atoms with Gasteiger partial charge in [-0.15, -0.1) is 6.58 Å². The summed E-state index contributed by atoms with van der Waals surface area (Å²) in [6.07, 6.45) is 5.13. The first-order valence-electron chi connectivity index (χ1n) is 7.19. The van der Waals surface area contributed by atoms with Crippen LogP contribution in [0.2, 0.25) is 0 Å². The summed E-state index contributed by atoms with van der Waals surface area (Å²) in [4.78, 5) is 2.44. The Hall–Kier alpha value is -0.380. The Bertz CT molecular complexity index is 247. The van der Waals surface area contributed by atoms with Gasteiger partial charge in [-0.3, -0.25) is 4.90 Å². The van der Waals surface area contributed by atoms with E-state index >= 15 is 0 Å². The summed E-state index contributed by atoms with van der Waals surface area (Å²) in [7, 11) is 0. The van der Waals surface area contributed by atoms with Gasteiger partial charge >= 0.3 is 0 Å². The van der Waals surface area contributed by atoms with Gasteiger partial charge in [-0.05, 0) is 40.2 Å². The van der Waals surface area contributed by atoms with E-state index in [1.165, 1.54) is 12.8 Å². The fraction of sp³-hybridized carbons (Fsp3) is 0.867. The van der Waals surface area contributed by atoms with Gasteiger partial charge in [-0.2, -0.15) is 0 Å². The fourth-order valence-corrected chi connectivity index (χ4v) is 2.39. The van der Waals surface area contributed by atoms with Crippen LogP contribution in [0.25, 0.3) is 0 Å². The second-order valence-electron chi connectivity index (χ2n) is 6.13. The quantitative estimate of drug-likeness (QED) is 0.706. The molecule has 106 valence electrons. The molecule has 0 aromatic rings. The Morgan fingerprint density at radius 2 is 2.00 bits per heavy atom. The molecule has 0 bridgehead atoms. The molecule has 0 aliphatic carbocycles. The van der Waals surface area contributed by atoms with Gasteiger partial charge in [0.05, 0.1) is 12.2 Å². The van der Waals surface area contributed by atoms with Crippen molar-refractivity contribution in [2.24, 2.45) is 0 Å². The SMILES string of the molecule is C=CCN(CC1CCC(CNCC)O1)C(C)(C)C. The highest BCUT2D eigenvalue weighted by Crippen LogP contribution is 2.23. The third-order valence-electron chi connectivity index (χ3n) is 3.54. The van der Waals surface area contributed by atoms with Crippen LogP contribution >= 0.6 is 0 Å². The minimum Gasteiger partial charge on any atom is -0.372 e. The summed E-state index contributed by atoms with van der Waals surface area (Å²) >= 11 is 0. The number of nitrogens with zero attached hydrogens (tertiary/aromatic N) is 1. The third-order valence-corrected chi connectivity index (χ3v) is 3.54. The lowest BCUT2D eigenvalue weighted by atomic mass is 10.0. The number of hydrogen-bond acceptors (Lipinski definition) is 3. The molecule has 0 radical (unpaired) electrons. The van der Waals surface area contributed by atoms with Crippen LogP contribution in [0, 0.1) is 0 Å². The molecule has 18 heavy (non-hydrogen) atoms. The van der Waals surface area contributed by atoms with Crippen LogP contribution in [0.1, 0.15) is 40.5 Å². The van der Waals surface area contributed by atoms with E-state index < -0.39 is 0 Å². The van der Waals surface area contributed by atoms with Gasteiger partial charge in [0.15, 0.2) is 0 Å². The van der Waals surface area contributed by atoms with Crippen molar-refractivity contribution in [2.45, 2.75) is 58.3 Å². The molecule has 0 aromatic carbocycles. The monoisotopic (exact) mass is 254 g/mol. The molecule has 3 nitrogen and oxygen atoms in total. The van der Waals surface area contributed by atoms with E-state index in [2.05, 4.69) is 44.5 Å². The fourth-order valence-electron chi connectivity index (χ4n) is 2.39. The average Bonchev–Trinajstić information content (AvgIpc) is 2.72. The predicted octanol–water partition coefficient (Wildman–Crippen LogP) is 2.43. The van der Waals surface area contributed by atoms with Gasteiger partial charge < -0.3 is 10.1 Å². The number of ether oxygens (including phenoxy) is 1. The summed E-state index contributed by atoms with van der Waals surface area (Å²) in [6.45, 7) is 16.7. The van der Waals surface area contributed by atoms with Gasteiger partial charge in [0.2, 0.25) is 0 Å². The maximum atomic E-state index is 6.10. The lowest BCUT2D eigenvalue weighted by molar-refractivity contribution is 0.00707. The van der Waals surface area contributed by atoms with Crippen LogP contribution in [0.15, 0.2) is 12.7 Å². The summed E-state index contributed by atoms with van der Waals surface area (Å²) in [5.41, 5.74) is 0.178. The molecule has 0 amide bonds. The highest BCUT2D eigenvalue weighted by atomic mass is 16.5. The molecule has 1 aliphatic heterocycles. The predicted molar refractivity (Wildman–Crippen MR) is 78.0 cm³/mol. The maximum Gasteiger partial charge on any atom is 0.0707 e. The third kappa shape index (κ3) is 5.09. The van der Waals surface area contributed by atoms with Crippen LogP contribution in [-0.4, -0.2) is 48.8 Å². The Kier molecular flexibility index (Phi) is 6.33. The zero-order valence-electron chi connectivity index (χ0n) is 12.5. The van der Waals surface area contributed by atoms with Crippen LogP contribution in [0.5, 0.6) is 0 Å². The largest absolute Gasteiger partial charge is 0.372 e. The van der Waals surface area contributed by atoms with Crippen LogP contribution in [-0.2, 0) is 4.74 Å². The topological polar surface area (TPSA) is 24.5 Å². The second-order valence-corrected chi connectivity index (χ2v) is 6.13. The average molecular weight is 254 g/mol. The van der Waals surface area contributed by atoms with E-state index in [0.29, 0.717) is 12.2 Å². The van der Waals surface area contributed by atoms with Crippen molar-refractivity contribution in [1.82, 2.24) is 10.2 Å². The zero-order chi connectivity index (χ0) is 13.6. The molecule has 1 fully saturated rings. The summed E-state index contributed by atoms with van der Waals surface area (Å²) < 4.78 is 6.10. The molecular formula is C15H30N2O. The Morgan fingerprint density at radius 3 is 2.56 bits per heavy atom. The minimum atomic E-state index is 0.178. The Labute approximate surface area is 113 Å². The molecule has 1 heterocycles. The van der Waals surface area contributed by atoms with E-state index in [9.17, 15) is 0 Å². The van der Waals surface area contributed by atoms with Crippen LogP contribution < -0.4 is 5.32 Å². The van der Waals surface area contributed by atoms with Gasteiger partial charge in [0.25, 0.3) is 0 Å². The number of likely N-dealkylation sites (N-methyl/N-ethyl adjacent to an activating group) is 1. The minimum absolute atomic E-state index is 0.178. The highest BCUT2D eigenvalue weighted by molar-refractivity contribution is 4.87. The molecule has 1 aliphatic rings. The van der Waals surface area contributed by atoms with Crippen molar-refractivity contribution in [3.05, 3.63) is 12.7 Å². The standard InChI is InChI=1S/C15H30N2O/c1-6-10-17(15(3,4)5)12-14-9-8-13(18-14)11-16-7-2/h6,13-14,16H,1,7-12H2,2-5H3. The van der Waals surface area contributed by atoms with Crippen molar-refractivity contribution < 1.29 is 4.74 Å². The molecule has 3 heteroatoms. The molecule has 0 aromatic heterocycles. The van der Waals surface area contributed by atoms with Crippen molar-refractivity contribution in [3.63, 3.8) is 0 Å². The Balaban J connectivity index is 2.39. The van der Waals surface area contributed by atoms with Crippen LogP contribution in [0.3, 0.4) is 0 Å². The van der Waals surface area contributed by atoms with E-state index in [1.54, 1.807) is 0 Å². The first kappa shape index (κ1) is 15.7. The van der Waals surface area contributed by atoms with Crippen molar-refractivity contribution in [2.75, 3.05) is 26.2 Å². The van der Waals surface area contributed by atoms with E-state index in [0.717, 1.165) is 26.2 Å². The smallest absolute Gasteiger partial charge is 0.0707 e. The lowest BCUT2D eigenvalue weighted by Crippen LogP contribution is -2.45. The van der Waals surface area contributed by atoms with Crippen molar-refractivity contribution in [1.29, 1.82) is 0 Å². The molecule has 1 rings (SSSR count). The molecule has 2 unspecified atom stereocenters. The summed E-state index contributed by atoms with van der Waals surface area (Å²) in [5, 5.41) is 3.36.